The van der Waals surface area contributed by atoms with E-state index in [0.29, 0.717) is 58.7 Å². The van der Waals surface area contributed by atoms with E-state index in [0.717, 1.165) is 0 Å². The van der Waals surface area contributed by atoms with Crippen molar-refractivity contribution in [3.8, 4) is 11.3 Å². The number of hydrogen-bond donors (Lipinski definition) is 2. The number of benzene rings is 1. The zero-order valence-electron chi connectivity index (χ0n) is 23.9. The molecular formula is C28H26ClFN10O6. The van der Waals surface area contributed by atoms with E-state index in [2.05, 4.69) is 41.0 Å². The third-order valence-corrected chi connectivity index (χ3v) is 7.24. The Labute approximate surface area is 265 Å². The van der Waals surface area contributed by atoms with E-state index in [4.69, 9.17) is 36.2 Å². The van der Waals surface area contributed by atoms with Gasteiger partial charge in [-0.05, 0) is 42.5 Å². The number of hydrogen-bond acceptors (Lipinski definition) is 14. The van der Waals surface area contributed by atoms with Crippen LogP contribution in [-0.4, -0.2) is 101 Å². The van der Waals surface area contributed by atoms with Crippen LogP contribution in [0, 0.1) is 5.82 Å². The van der Waals surface area contributed by atoms with Crippen molar-refractivity contribution in [1.29, 1.82) is 0 Å². The lowest BCUT2D eigenvalue weighted by Gasteiger charge is -2.14. The zero-order valence-corrected chi connectivity index (χ0v) is 24.7. The van der Waals surface area contributed by atoms with Crippen LogP contribution in [0.5, 0.6) is 0 Å². The number of ether oxygens (including phenoxy) is 1. The molecule has 0 spiro atoms. The Kier molecular flexibility index (Phi) is 9.32. The number of carbonyl (C=O) groups excluding carboxylic acids is 1. The summed E-state index contributed by atoms with van der Waals surface area (Å²) in [4.78, 5) is 23.6. The third kappa shape index (κ3) is 7.06. The van der Waals surface area contributed by atoms with Gasteiger partial charge in [0.2, 0.25) is 0 Å². The van der Waals surface area contributed by atoms with Crippen LogP contribution in [0.4, 0.5) is 14.9 Å². The first-order valence-corrected chi connectivity index (χ1v) is 14.4. The van der Waals surface area contributed by atoms with Gasteiger partial charge in [-0.15, -0.1) is 25.5 Å². The number of rotatable bonds is 8. The van der Waals surface area contributed by atoms with Gasteiger partial charge < -0.3 is 24.6 Å². The minimum atomic E-state index is -0.549. The van der Waals surface area contributed by atoms with Gasteiger partial charge in [0.05, 0.1) is 43.9 Å². The summed E-state index contributed by atoms with van der Waals surface area (Å²) in [5.74, 6) is -0.543. The Morgan fingerprint density at radius 2 is 1.52 bits per heavy atom. The van der Waals surface area contributed by atoms with Crippen molar-refractivity contribution < 1.29 is 33.8 Å². The lowest BCUT2D eigenvalue weighted by Crippen LogP contribution is -2.26. The summed E-state index contributed by atoms with van der Waals surface area (Å²) < 4.78 is 21.8. The van der Waals surface area contributed by atoms with E-state index in [1.54, 1.807) is 53.5 Å². The molecule has 3 atom stereocenters. The Balaban J connectivity index is 0.000000221. The van der Waals surface area contributed by atoms with Crippen molar-refractivity contribution in [1.82, 2.24) is 35.4 Å². The SMILES string of the molecule is O=C1OC(Cn2ccnn2)CN1c1ccc(-c2ccc(C3=NOC(CO)C3)nn2)c(F)c1.OCC1CC(c2ccc(Cl)nn2)=NO1. The second-order valence-corrected chi connectivity index (χ2v) is 10.6. The van der Waals surface area contributed by atoms with Gasteiger partial charge in [-0.25, -0.2) is 13.9 Å². The summed E-state index contributed by atoms with van der Waals surface area (Å²) in [5.41, 5.74) is 3.36. The molecule has 3 aliphatic rings. The predicted molar refractivity (Wildman–Crippen MR) is 158 cm³/mol. The molecule has 1 aromatic carbocycles. The van der Waals surface area contributed by atoms with Gasteiger partial charge in [-0.2, -0.15) is 0 Å². The fourth-order valence-corrected chi connectivity index (χ4v) is 4.80. The van der Waals surface area contributed by atoms with Gasteiger partial charge in [0.25, 0.3) is 0 Å². The number of aliphatic hydroxyl groups excluding tert-OH is 2. The first kappa shape index (κ1) is 30.9. The molecule has 3 unspecified atom stereocenters. The van der Waals surface area contributed by atoms with Crippen molar-refractivity contribution in [3.05, 3.63) is 77.2 Å². The average molecular weight is 653 g/mol. The minimum Gasteiger partial charge on any atom is -0.442 e. The van der Waals surface area contributed by atoms with Crippen LogP contribution in [0.15, 0.2) is 65.2 Å². The molecule has 46 heavy (non-hydrogen) atoms. The van der Waals surface area contributed by atoms with Gasteiger partial charge >= 0.3 is 6.09 Å². The summed E-state index contributed by atoms with van der Waals surface area (Å²) >= 11 is 5.59. The summed E-state index contributed by atoms with van der Waals surface area (Å²) in [6.07, 6.45) is 2.58. The van der Waals surface area contributed by atoms with E-state index < -0.39 is 18.0 Å². The fraction of sp³-hybridized carbons (Fsp3) is 0.321. The number of oxime groups is 2. The van der Waals surface area contributed by atoms with Gasteiger partial charge in [0.1, 0.15) is 34.7 Å². The van der Waals surface area contributed by atoms with Crippen molar-refractivity contribution in [2.24, 2.45) is 10.3 Å². The van der Waals surface area contributed by atoms with E-state index in [-0.39, 0.29) is 37.5 Å². The van der Waals surface area contributed by atoms with Gasteiger partial charge in [-0.3, -0.25) is 4.90 Å². The topological polar surface area (TPSA) is 195 Å². The quantitative estimate of drug-likeness (QED) is 0.281. The molecule has 4 aromatic rings. The first-order chi connectivity index (χ1) is 22.4. The number of cyclic esters (lactones) is 1. The predicted octanol–water partition coefficient (Wildman–Crippen LogP) is 2.00. The fourth-order valence-electron chi connectivity index (χ4n) is 4.70. The lowest BCUT2D eigenvalue weighted by molar-refractivity contribution is 0.0390. The number of halogens is 2. The molecule has 3 aromatic heterocycles. The van der Waals surface area contributed by atoms with Crippen LogP contribution in [0.25, 0.3) is 11.3 Å². The molecule has 0 radical (unpaired) electrons. The van der Waals surface area contributed by atoms with E-state index in [1.165, 1.54) is 11.0 Å². The van der Waals surface area contributed by atoms with Crippen LogP contribution in [-0.2, 0) is 21.0 Å². The minimum absolute atomic E-state index is 0.0476. The van der Waals surface area contributed by atoms with E-state index >= 15 is 0 Å². The monoisotopic (exact) mass is 652 g/mol. The molecule has 1 saturated heterocycles. The van der Waals surface area contributed by atoms with Crippen LogP contribution in [0.3, 0.4) is 0 Å². The first-order valence-electron chi connectivity index (χ1n) is 14.0. The molecule has 2 N–H and O–H groups in total. The molecule has 238 valence electrons. The Hall–Kier alpha value is -5.13. The highest BCUT2D eigenvalue weighted by Crippen LogP contribution is 2.28. The molecule has 16 nitrogen and oxygen atoms in total. The second kappa shape index (κ2) is 13.9. The Morgan fingerprint density at radius 1 is 0.870 bits per heavy atom. The van der Waals surface area contributed by atoms with Crippen molar-refractivity contribution >= 4 is 34.8 Å². The molecule has 0 bridgehead atoms. The zero-order chi connectivity index (χ0) is 32.0. The summed E-state index contributed by atoms with van der Waals surface area (Å²) in [5, 5.41) is 49.3. The number of amides is 1. The van der Waals surface area contributed by atoms with Gasteiger partial charge in [-0.1, -0.05) is 27.1 Å². The number of anilines is 1. The summed E-state index contributed by atoms with van der Waals surface area (Å²) in [7, 11) is 0. The standard InChI is InChI=1S/C20H18FN7O4.C8H8ClN3O2/c21-16-7-12(28-10-14(31-20(28)30)9-27-6-5-22-26-27)1-2-15(16)17-3-4-18(24-23-17)19-8-13(11-29)32-25-19;9-8-2-1-6(10-11-8)7-3-5(4-13)14-12-7/h1-7,13-14,29H,8-11H2;1-2,5,13H,3-4H2. The largest absolute Gasteiger partial charge is 0.442 e. The van der Waals surface area contributed by atoms with Crippen LogP contribution >= 0.6 is 11.6 Å². The maximum Gasteiger partial charge on any atom is 0.414 e. The molecule has 0 saturated carbocycles. The van der Waals surface area contributed by atoms with Gasteiger partial charge in [0.15, 0.2) is 17.4 Å². The third-order valence-electron chi connectivity index (χ3n) is 7.04. The second-order valence-electron chi connectivity index (χ2n) is 10.3. The maximum absolute atomic E-state index is 14.9. The smallest absolute Gasteiger partial charge is 0.414 e. The van der Waals surface area contributed by atoms with Crippen molar-refractivity contribution in [2.45, 2.75) is 37.7 Å². The lowest BCUT2D eigenvalue weighted by atomic mass is 10.1. The molecule has 18 heteroatoms. The molecule has 7 rings (SSSR count). The number of aromatic nitrogens is 7. The number of carbonyl (C=O) groups is 1. The average Bonchev–Trinajstić information content (AvgIpc) is 3.90. The summed E-state index contributed by atoms with van der Waals surface area (Å²) in [6, 6.07) is 11.1. The van der Waals surface area contributed by atoms with Crippen LogP contribution in [0.1, 0.15) is 24.2 Å². The van der Waals surface area contributed by atoms with Gasteiger partial charge in [0, 0.05) is 24.6 Å². The Morgan fingerprint density at radius 3 is 2.07 bits per heavy atom. The van der Waals surface area contributed by atoms with Crippen molar-refractivity contribution in [3.63, 3.8) is 0 Å². The maximum atomic E-state index is 14.9. The Bertz CT molecular complexity index is 1730. The number of aliphatic hydroxyl groups is 2. The van der Waals surface area contributed by atoms with E-state index in [9.17, 15) is 9.18 Å². The molecule has 0 aliphatic carbocycles. The molecule has 1 amide bonds. The number of nitrogens with zero attached hydrogens (tertiary/aromatic N) is 10. The highest BCUT2D eigenvalue weighted by molar-refractivity contribution is 6.29. The summed E-state index contributed by atoms with van der Waals surface area (Å²) in [6.45, 7) is 0.445. The van der Waals surface area contributed by atoms with Crippen LogP contribution < -0.4 is 4.90 Å². The molecule has 3 aliphatic heterocycles. The van der Waals surface area contributed by atoms with E-state index in [1.807, 2.05) is 0 Å². The highest BCUT2D eigenvalue weighted by Gasteiger charge is 2.33. The van der Waals surface area contributed by atoms with Crippen molar-refractivity contribution in [2.75, 3.05) is 24.7 Å². The normalized spacial score (nSPS) is 20.3. The highest BCUT2D eigenvalue weighted by atomic mass is 35.5. The molecule has 6 heterocycles. The molecular weight excluding hydrogens is 627 g/mol. The van der Waals surface area contributed by atoms with Crippen LogP contribution in [0.2, 0.25) is 5.15 Å². The molecule has 1 fully saturated rings.